The minimum absolute atomic E-state index is 0.120. The molecule has 0 saturated carbocycles. The predicted octanol–water partition coefficient (Wildman–Crippen LogP) is 1.22. The zero-order valence-electron chi connectivity index (χ0n) is 11.6. The monoisotopic (exact) mass is 329 g/mol. The van der Waals surface area contributed by atoms with Gasteiger partial charge in [0.1, 0.15) is 6.04 Å². The Kier molecular flexibility index (Phi) is 6.39. The zero-order valence-corrected chi connectivity index (χ0v) is 13.2. The largest absolute Gasteiger partial charge is 0.467 e. The van der Waals surface area contributed by atoms with E-state index in [4.69, 9.17) is 29.6 Å². The van der Waals surface area contributed by atoms with E-state index in [9.17, 15) is 9.59 Å². The Morgan fingerprint density at radius 3 is 2.67 bits per heavy atom. The lowest BCUT2D eigenvalue weighted by molar-refractivity contribution is -0.144. The average Bonchev–Trinajstić information content (AvgIpc) is 2.39. The third-order valence-electron chi connectivity index (χ3n) is 2.60. The van der Waals surface area contributed by atoms with Gasteiger partial charge < -0.3 is 21.1 Å². The number of rotatable bonds is 5. The number of nitrogens with two attached hydrogens (primary N) is 1. The van der Waals surface area contributed by atoms with E-state index in [0.29, 0.717) is 16.3 Å². The molecule has 0 aromatic heterocycles. The highest BCUT2D eigenvalue weighted by Crippen LogP contribution is 2.22. The van der Waals surface area contributed by atoms with Gasteiger partial charge in [-0.2, -0.15) is 0 Å². The SMILES string of the molecule is COC(=O)C(Cc1cc(NC(N)=S)ccc1Cl)NC(C)=O. The molecule has 4 N–H and O–H groups in total. The van der Waals surface area contributed by atoms with E-state index in [2.05, 4.69) is 15.4 Å². The first kappa shape index (κ1) is 17.2. The van der Waals surface area contributed by atoms with Crippen LogP contribution in [-0.2, 0) is 20.7 Å². The standard InChI is InChI=1S/C13H16ClN3O3S/c1-7(18)16-11(12(19)20-2)6-8-5-9(17-13(15)21)3-4-10(8)14/h3-5,11H,6H2,1-2H3,(H,16,18)(H3,15,17,21). The molecule has 0 aliphatic rings. The molecule has 1 rings (SSSR count). The van der Waals surface area contributed by atoms with Crippen LogP contribution in [0.5, 0.6) is 0 Å². The van der Waals surface area contributed by atoms with E-state index < -0.39 is 12.0 Å². The van der Waals surface area contributed by atoms with Crippen molar-refractivity contribution < 1.29 is 14.3 Å². The van der Waals surface area contributed by atoms with E-state index in [1.807, 2.05) is 0 Å². The highest BCUT2D eigenvalue weighted by molar-refractivity contribution is 7.80. The molecule has 0 spiro atoms. The zero-order chi connectivity index (χ0) is 16.0. The summed E-state index contributed by atoms with van der Waals surface area (Å²) >= 11 is 10.9. The summed E-state index contributed by atoms with van der Waals surface area (Å²) in [6.07, 6.45) is 0.192. The molecular formula is C13H16ClN3O3S. The van der Waals surface area contributed by atoms with E-state index in [-0.39, 0.29) is 17.4 Å². The van der Waals surface area contributed by atoms with Gasteiger partial charge in [0.15, 0.2) is 5.11 Å². The van der Waals surface area contributed by atoms with Crippen molar-refractivity contribution in [3.8, 4) is 0 Å². The van der Waals surface area contributed by atoms with E-state index in [0.717, 1.165) is 0 Å². The van der Waals surface area contributed by atoms with E-state index >= 15 is 0 Å². The Morgan fingerprint density at radius 1 is 1.48 bits per heavy atom. The number of carbonyl (C=O) groups is 2. The van der Waals surface area contributed by atoms with Crippen molar-refractivity contribution in [3.05, 3.63) is 28.8 Å². The summed E-state index contributed by atoms with van der Waals surface area (Å²) in [5.74, 6) is -0.882. The molecule has 114 valence electrons. The lowest BCUT2D eigenvalue weighted by atomic mass is 10.0. The Labute approximate surface area is 133 Å². The topological polar surface area (TPSA) is 93.4 Å². The van der Waals surface area contributed by atoms with Crippen molar-refractivity contribution >= 4 is 46.5 Å². The first-order valence-electron chi connectivity index (χ1n) is 6.03. The molecule has 1 aromatic carbocycles. The number of halogens is 1. The van der Waals surface area contributed by atoms with Crippen molar-refractivity contribution in [1.82, 2.24) is 5.32 Å². The van der Waals surface area contributed by atoms with Gasteiger partial charge in [-0.15, -0.1) is 0 Å². The summed E-state index contributed by atoms with van der Waals surface area (Å²) in [7, 11) is 1.25. The minimum Gasteiger partial charge on any atom is -0.467 e. The molecule has 1 atom stereocenters. The van der Waals surface area contributed by atoms with Gasteiger partial charge in [0, 0.05) is 24.1 Å². The molecule has 6 nitrogen and oxygen atoms in total. The molecule has 1 aromatic rings. The van der Waals surface area contributed by atoms with E-state index in [1.54, 1.807) is 18.2 Å². The number of nitrogens with one attached hydrogen (secondary N) is 2. The van der Waals surface area contributed by atoms with Gasteiger partial charge in [-0.1, -0.05) is 11.6 Å². The van der Waals surface area contributed by atoms with Crippen molar-refractivity contribution in [2.75, 3.05) is 12.4 Å². The van der Waals surface area contributed by atoms with Crippen LogP contribution in [0.3, 0.4) is 0 Å². The second-order valence-corrected chi connectivity index (χ2v) is 5.12. The second-order valence-electron chi connectivity index (χ2n) is 4.28. The van der Waals surface area contributed by atoms with E-state index in [1.165, 1.54) is 14.0 Å². The fraction of sp³-hybridized carbons (Fsp3) is 0.308. The Morgan fingerprint density at radius 2 is 2.14 bits per heavy atom. The summed E-state index contributed by atoms with van der Waals surface area (Å²) in [6.45, 7) is 1.32. The number of ether oxygens (including phenoxy) is 1. The van der Waals surface area contributed by atoms with Crippen molar-refractivity contribution in [2.24, 2.45) is 5.73 Å². The summed E-state index contributed by atoms with van der Waals surface area (Å²) in [4.78, 5) is 22.9. The van der Waals surface area contributed by atoms with Crippen molar-refractivity contribution in [1.29, 1.82) is 0 Å². The van der Waals surface area contributed by atoms with Crippen LogP contribution in [0.4, 0.5) is 5.69 Å². The van der Waals surface area contributed by atoms with Gasteiger partial charge in [-0.3, -0.25) is 4.79 Å². The highest BCUT2D eigenvalue weighted by atomic mass is 35.5. The number of benzene rings is 1. The van der Waals surface area contributed by atoms with Crippen LogP contribution in [0.15, 0.2) is 18.2 Å². The number of esters is 1. The molecule has 0 aliphatic heterocycles. The van der Waals surface area contributed by atoms with Gasteiger partial charge >= 0.3 is 5.97 Å². The van der Waals surface area contributed by atoms with Crippen LogP contribution in [0.1, 0.15) is 12.5 Å². The number of carbonyl (C=O) groups excluding carboxylic acids is 2. The van der Waals surface area contributed by atoms with Gasteiger partial charge in [-0.05, 0) is 36.0 Å². The Bertz CT molecular complexity index is 566. The molecule has 1 amide bonds. The summed E-state index contributed by atoms with van der Waals surface area (Å²) < 4.78 is 4.67. The molecule has 21 heavy (non-hydrogen) atoms. The third-order valence-corrected chi connectivity index (χ3v) is 3.07. The molecule has 1 unspecified atom stereocenters. The Balaban J connectivity index is 2.98. The second kappa shape index (κ2) is 7.80. The molecule has 0 bridgehead atoms. The van der Waals surface area contributed by atoms with Crippen LogP contribution in [0.2, 0.25) is 5.02 Å². The fourth-order valence-electron chi connectivity index (χ4n) is 1.75. The quantitative estimate of drug-likeness (QED) is 0.555. The molecule has 0 saturated heterocycles. The van der Waals surface area contributed by atoms with Crippen LogP contribution >= 0.6 is 23.8 Å². The number of methoxy groups -OCH3 is 1. The molecule has 0 aliphatic carbocycles. The summed E-state index contributed by atoms with van der Waals surface area (Å²) in [6, 6.07) is 4.25. The maximum Gasteiger partial charge on any atom is 0.328 e. The maximum absolute atomic E-state index is 11.7. The number of hydrogen-bond donors (Lipinski definition) is 3. The minimum atomic E-state index is -0.815. The number of anilines is 1. The smallest absolute Gasteiger partial charge is 0.328 e. The number of amides is 1. The molecule has 0 radical (unpaired) electrons. The molecular weight excluding hydrogens is 314 g/mol. The van der Waals surface area contributed by atoms with Crippen LogP contribution < -0.4 is 16.4 Å². The number of hydrogen-bond acceptors (Lipinski definition) is 4. The summed E-state index contributed by atoms with van der Waals surface area (Å²) in [5, 5.41) is 5.88. The average molecular weight is 330 g/mol. The third kappa shape index (κ3) is 5.57. The Hall–Kier alpha value is -1.86. The first-order valence-corrected chi connectivity index (χ1v) is 6.82. The van der Waals surface area contributed by atoms with Gasteiger partial charge in [0.05, 0.1) is 7.11 Å². The van der Waals surface area contributed by atoms with Gasteiger partial charge in [-0.25, -0.2) is 4.79 Å². The van der Waals surface area contributed by atoms with Crippen molar-refractivity contribution in [3.63, 3.8) is 0 Å². The normalized spacial score (nSPS) is 11.4. The van der Waals surface area contributed by atoms with Gasteiger partial charge in [0.2, 0.25) is 5.91 Å². The first-order chi connectivity index (χ1) is 9.83. The maximum atomic E-state index is 11.7. The lowest BCUT2D eigenvalue weighted by Gasteiger charge is -2.17. The molecule has 8 heteroatoms. The summed E-state index contributed by atoms with van der Waals surface area (Å²) in [5.41, 5.74) is 6.71. The van der Waals surface area contributed by atoms with Crippen molar-refractivity contribution in [2.45, 2.75) is 19.4 Å². The molecule has 0 heterocycles. The molecule has 0 fully saturated rings. The van der Waals surface area contributed by atoms with Crippen LogP contribution in [0.25, 0.3) is 0 Å². The van der Waals surface area contributed by atoms with Crippen LogP contribution in [-0.4, -0.2) is 30.1 Å². The highest BCUT2D eigenvalue weighted by Gasteiger charge is 2.21. The lowest BCUT2D eigenvalue weighted by Crippen LogP contribution is -2.42. The van der Waals surface area contributed by atoms with Gasteiger partial charge in [0.25, 0.3) is 0 Å². The number of thiocarbonyl (C=S) groups is 1. The predicted molar refractivity (Wildman–Crippen MR) is 85.2 cm³/mol. The fourth-order valence-corrected chi connectivity index (χ4v) is 2.06. The van der Waals surface area contributed by atoms with Crippen LogP contribution in [0, 0.1) is 0 Å².